The summed E-state index contributed by atoms with van der Waals surface area (Å²) >= 11 is 5.85. The van der Waals surface area contributed by atoms with Crippen LogP contribution in [0.25, 0.3) is 0 Å². The van der Waals surface area contributed by atoms with E-state index in [0.29, 0.717) is 11.6 Å². The number of hydrogen-bond acceptors (Lipinski definition) is 2. The van der Waals surface area contributed by atoms with Crippen molar-refractivity contribution in [1.82, 2.24) is 4.90 Å². The third-order valence-corrected chi connectivity index (χ3v) is 3.16. The number of carbonyl (C=O) groups is 1. The first kappa shape index (κ1) is 12.1. The average molecular weight is 252 g/mol. The van der Waals surface area contributed by atoms with Gasteiger partial charge in [-0.3, -0.25) is 4.79 Å². The van der Waals surface area contributed by atoms with Gasteiger partial charge in [-0.05, 0) is 30.2 Å². The molecule has 3 nitrogen and oxygen atoms in total. The molecule has 1 aromatic rings. The highest BCUT2D eigenvalue weighted by molar-refractivity contribution is 6.30. The highest BCUT2D eigenvalue weighted by Crippen LogP contribution is 2.33. The Hall–Kier alpha value is -1.32. The third-order valence-electron chi connectivity index (χ3n) is 2.90. The number of amides is 1. The van der Waals surface area contributed by atoms with Crippen molar-refractivity contribution in [3.63, 3.8) is 0 Å². The first-order valence-corrected chi connectivity index (χ1v) is 5.86. The lowest BCUT2D eigenvalue weighted by Gasteiger charge is -2.26. The SMILES string of the molecule is CC1=CC(=O)N(CCO)[C@@H]1c1ccc(Cl)cc1. The van der Waals surface area contributed by atoms with Gasteiger partial charge in [0.05, 0.1) is 12.6 Å². The summed E-state index contributed by atoms with van der Waals surface area (Å²) in [6.07, 6.45) is 1.62. The zero-order chi connectivity index (χ0) is 12.4. The van der Waals surface area contributed by atoms with Crippen LogP contribution in [0.5, 0.6) is 0 Å². The van der Waals surface area contributed by atoms with Gasteiger partial charge in [0.25, 0.3) is 0 Å². The van der Waals surface area contributed by atoms with Gasteiger partial charge in [0, 0.05) is 17.6 Å². The fourth-order valence-corrected chi connectivity index (χ4v) is 2.29. The van der Waals surface area contributed by atoms with E-state index in [1.54, 1.807) is 11.0 Å². The summed E-state index contributed by atoms with van der Waals surface area (Å²) in [5.74, 6) is -0.0449. The minimum Gasteiger partial charge on any atom is -0.395 e. The van der Waals surface area contributed by atoms with Gasteiger partial charge in [-0.15, -0.1) is 0 Å². The zero-order valence-corrected chi connectivity index (χ0v) is 10.3. The smallest absolute Gasteiger partial charge is 0.247 e. The van der Waals surface area contributed by atoms with E-state index >= 15 is 0 Å². The predicted octanol–water partition coefficient (Wildman–Crippen LogP) is 2.16. The van der Waals surface area contributed by atoms with Crippen molar-refractivity contribution in [3.8, 4) is 0 Å². The van der Waals surface area contributed by atoms with Crippen molar-refractivity contribution in [2.75, 3.05) is 13.2 Å². The normalized spacial score (nSPS) is 19.7. The molecular formula is C13H14ClNO2. The molecule has 0 bridgehead atoms. The second-order valence-corrected chi connectivity index (χ2v) is 4.53. The van der Waals surface area contributed by atoms with Gasteiger partial charge in [0.2, 0.25) is 5.91 Å². The molecule has 90 valence electrons. The van der Waals surface area contributed by atoms with Crippen LogP contribution in [-0.2, 0) is 4.79 Å². The summed E-state index contributed by atoms with van der Waals surface area (Å²) in [5, 5.41) is 9.68. The predicted molar refractivity (Wildman–Crippen MR) is 66.7 cm³/mol. The van der Waals surface area contributed by atoms with Gasteiger partial charge in [-0.25, -0.2) is 0 Å². The first-order valence-electron chi connectivity index (χ1n) is 5.48. The van der Waals surface area contributed by atoms with Crippen LogP contribution in [0.1, 0.15) is 18.5 Å². The molecule has 0 saturated heterocycles. The third kappa shape index (κ3) is 2.35. The molecule has 1 heterocycles. The van der Waals surface area contributed by atoms with Gasteiger partial charge < -0.3 is 10.0 Å². The molecule has 1 aliphatic heterocycles. The lowest BCUT2D eigenvalue weighted by atomic mass is 10.0. The Morgan fingerprint density at radius 3 is 2.59 bits per heavy atom. The van der Waals surface area contributed by atoms with Crippen molar-refractivity contribution in [1.29, 1.82) is 0 Å². The molecule has 1 atom stereocenters. The molecular weight excluding hydrogens is 238 g/mol. The number of benzene rings is 1. The van der Waals surface area contributed by atoms with E-state index in [1.165, 1.54) is 0 Å². The molecule has 17 heavy (non-hydrogen) atoms. The molecule has 0 unspecified atom stereocenters. The van der Waals surface area contributed by atoms with Crippen LogP contribution in [0.15, 0.2) is 35.9 Å². The average Bonchev–Trinajstić information content (AvgIpc) is 2.56. The van der Waals surface area contributed by atoms with Crippen LogP contribution < -0.4 is 0 Å². The Morgan fingerprint density at radius 1 is 1.35 bits per heavy atom. The van der Waals surface area contributed by atoms with E-state index in [0.717, 1.165) is 11.1 Å². The van der Waals surface area contributed by atoms with Crippen LogP contribution in [0.4, 0.5) is 0 Å². The van der Waals surface area contributed by atoms with Crippen LogP contribution in [0.2, 0.25) is 5.02 Å². The number of carbonyl (C=O) groups excluding carboxylic acids is 1. The molecule has 4 heteroatoms. The lowest BCUT2D eigenvalue weighted by Crippen LogP contribution is -2.31. The van der Waals surface area contributed by atoms with E-state index in [4.69, 9.17) is 16.7 Å². The van der Waals surface area contributed by atoms with Crippen molar-refractivity contribution >= 4 is 17.5 Å². The van der Waals surface area contributed by atoms with Gasteiger partial charge in [0.1, 0.15) is 0 Å². The number of rotatable bonds is 3. The van der Waals surface area contributed by atoms with Crippen molar-refractivity contribution in [3.05, 3.63) is 46.5 Å². The number of aliphatic hydroxyl groups is 1. The topological polar surface area (TPSA) is 40.5 Å². The maximum atomic E-state index is 11.7. The Balaban J connectivity index is 2.31. The van der Waals surface area contributed by atoms with Gasteiger partial charge in [-0.1, -0.05) is 23.7 Å². The minimum absolute atomic E-state index is 0.0308. The Kier molecular flexibility index (Phi) is 3.50. The summed E-state index contributed by atoms with van der Waals surface area (Å²) in [5.41, 5.74) is 2.01. The summed E-state index contributed by atoms with van der Waals surface area (Å²) < 4.78 is 0. The van der Waals surface area contributed by atoms with Crippen LogP contribution in [-0.4, -0.2) is 29.1 Å². The Bertz CT molecular complexity index is 453. The number of nitrogens with zero attached hydrogens (tertiary/aromatic N) is 1. The fraction of sp³-hybridized carbons (Fsp3) is 0.308. The van der Waals surface area contributed by atoms with Gasteiger partial charge in [0.15, 0.2) is 0 Å². The first-order chi connectivity index (χ1) is 8.13. The maximum absolute atomic E-state index is 11.7. The standard InChI is InChI=1S/C13H14ClNO2/c1-9-8-12(17)15(6-7-16)13(9)10-2-4-11(14)5-3-10/h2-5,8,13,16H,6-7H2,1H3/t13-/m0/s1. The van der Waals surface area contributed by atoms with E-state index < -0.39 is 0 Å². The van der Waals surface area contributed by atoms with Crippen molar-refractivity contribution in [2.24, 2.45) is 0 Å². The highest BCUT2D eigenvalue weighted by atomic mass is 35.5. The molecule has 0 aliphatic carbocycles. The van der Waals surface area contributed by atoms with E-state index in [9.17, 15) is 4.79 Å². The number of hydrogen-bond donors (Lipinski definition) is 1. The summed E-state index contributed by atoms with van der Waals surface area (Å²) in [4.78, 5) is 13.4. The summed E-state index contributed by atoms with van der Waals surface area (Å²) in [6.45, 7) is 2.24. The minimum atomic E-state index is -0.0769. The maximum Gasteiger partial charge on any atom is 0.247 e. The Morgan fingerprint density at radius 2 is 2.00 bits per heavy atom. The molecule has 1 N–H and O–H groups in total. The van der Waals surface area contributed by atoms with E-state index in [2.05, 4.69) is 0 Å². The van der Waals surface area contributed by atoms with Crippen LogP contribution in [0, 0.1) is 0 Å². The Labute approximate surface area is 105 Å². The van der Waals surface area contributed by atoms with Crippen LogP contribution >= 0.6 is 11.6 Å². The highest BCUT2D eigenvalue weighted by Gasteiger charge is 2.30. The second-order valence-electron chi connectivity index (χ2n) is 4.10. The fourth-order valence-electron chi connectivity index (χ4n) is 2.16. The van der Waals surface area contributed by atoms with Gasteiger partial charge in [-0.2, -0.15) is 0 Å². The molecule has 1 amide bonds. The van der Waals surface area contributed by atoms with Crippen molar-refractivity contribution < 1.29 is 9.90 Å². The zero-order valence-electron chi connectivity index (χ0n) is 9.56. The summed E-state index contributed by atoms with van der Waals surface area (Å²) in [6, 6.07) is 7.36. The van der Waals surface area contributed by atoms with Crippen LogP contribution in [0.3, 0.4) is 0 Å². The van der Waals surface area contributed by atoms with E-state index in [1.807, 2.05) is 31.2 Å². The molecule has 0 aromatic heterocycles. The number of β-amino-alcohol motifs (C(OH)–C–C–N with tert-alkyl or cyclic N) is 1. The molecule has 0 fully saturated rings. The van der Waals surface area contributed by atoms with Crippen molar-refractivity contribution in [2.45, 2.75) is 13.0 Å². The molecule has 2 rings (SSSR count). The monoisotopic (exact) mass is 251 g/mol. The lowest BCUT2D eigenvalue weighted by molar-refractivity contribution is -0.126. The molecule has 0 radical (unpaired) electrons. The quantitative estimate of drug-likeness (QED) is 0.894. The number of aliphatic hydroxyl groups excluding tert-OH is 1. The molecule has 1 aliphatic rings. The largest absolute Gasteiger partial charge is 0.395 e. The molecule has 1 aromatic carbocycles. The summed E-state index contributed by atoms with van der Waals surface area (Å²) in [7, 11) is 0. The molecule has 0 spiro atoms. The van der Waals surface area contributed by atoms with E-state index in [-0.39, 0.29) is 18.6 Å². The molecule has 0 saturated carbocycles. The second kappa shape index (κ2) is 4.90. The number of halogens is 1. The van der Waals surface area contributed by atoms with Gasteiger partial charge >= 0.3 is 0 Å².